The molecule has 33 heavy (non-hydrogen) atoms. The van der Waals surface area contributed by atoms with E-state index in [1.165, 1.54) is 17.7 Å². The highest BCUT2D eigenvalue weighted by Gasteiger charge is 2.31. The molecule has 3 aromatic rings. The van der Waals surface area contributed by atoms with E-state index in [9.17, 15) is 8.78 Å². The number of aryl methyl sites for hydroxylation is 2. The van der Waals surface area contributed by atoms with Gasteiger partial charge in [0.15, 0.2) is 0 Å². The molecular weight excluding hydrogens is 426 g/mol. The van der Waals surface area contributed by atoms with E-state index in [-0.39, 0.29) is 6.04 Å². The highest BCUT2D eigenvalue weighted by Crippen LogP contribution is 2.34. The minimum atomic E-state index is -0.610. The van der Waals surface area contributed by atoms with Gasteiger partial charge in [0.05, 0.1) is 6.04 Å². The number of hydrogen-bond donors (Lipinski definition) is 2. The van der Waals surface area contributed by atoms with E-state index in [0.29, 0.717) is 36.6 Å². The van der Waals surface area contributed by atoms with Crippen LogP contribution in [0, 0.1) is 24.5 Å². The van der Waals surface area contributed by atoms with Crippen LogP contribution >= 0.6 is 0 Å². The van der Waals surface area contributed by atoms with Gasteiger partial charge in [-0.15, -0.1) is 5.10 Å². The van der Waals surface area contributed by atoms with E-state index in [2.05, 4.69) is 37.6 Å². The van der Waals surface area contributed by atoms with Crippen molar-refractivity contribution in [2.75, 3.05) is 22.1 Å². The molecule has 2 aliphatic rings. The van der Waals surface area contributed by atoms with Gasteiger partial charge in [-0.05, 0) is 49.8 Å². The first-order chi connectivity index (χ1) is 16.0. The third-order valence-electron chi connectivity index (χ3n) is 6.15. The molecule has 1 unspecified atom stereocenters. The summed E-state index contributed by atoms with van der Waals surface area (Å²) in [6.45, 7) is 5.45. The lowest BCUT2D eigenvalue weighted by molar-refractivity contribution is 0.534. The van der Waals surface area contributed by atoms with Crippen molar-refractivity contribution in [2.45, 2.75) is 45.7 Å². The molecule has 0 saturated heterocycles. The fourth-order valence-electron chi connectivity index (χ4n) is 4.48. The summed E-state index contributed by atoms with van der Waals surface area (Å²) in [6, 6.07) is 5.48. The van der Waals surface area contributed by atoms with Gasteiger partial charge in [-0.3, -0.25) is 0 Å². The molecule has 1 fully saturated rings. The van der Waals surface area contributed by atoms with Crippen molar-refractivity contribution in [1.29, 1.82) is 0 Å². The van der Waals surface area contributed by atoms with Gasteiger partial charge < -0.3 is 15.5 Å². The molecule has 172 valence electrons. The molecule has 1 saturated carbocycles. The van der Waals surface area contributed by atoms with Crippen molar-refractivity contribution in [2.24, 2.45) is 5.92 Å². The summed E-state index contributed by atoms with van der Waals surface area (Å²) in [7, 11) is 0. The average Bonchev–Trinajstić information content (AvgIpc) is 3.35. The van der Waals surface area contributed by atoms with Crippen LogP contribution in [0.25, 0.3) is 0 Å². The Hall–Kier alpha value is -3.56. The molecule has 1 aliphatic carbocycles. The summed E-state index contributed by atoms with van der Waals surface area (Å²) in [5.41, 5.74) is 2.55. The second-order valence-electron chi connectivity index (χ2n) is 8.64. The predicted octanol–water partition coefficient (Wildman–Crippen LogP) is 4.40. The zero-order valence-electron chi connectivity index (χ0n) is 18.6. The highest BCUT2D eigenvalue weighted by molar-refractivity contribution is 5.59. The normalized spacial score (nSPS) is 21.3. The maximum atomic E-state index is 13.8. The van der Waals surface area contributed by atoms with E-state index >= 15 is 0 Å². The topological polar surface area (TPSA) is 83.8 Å². The fourth-order valence-corrected chi connectivity index (χ4v) is 4.48. The van der Waals surface area contributed by atoms with Crippen molar-refractivity contribution in [3.05, 3.63) is 59.7 Å². The summed E-state index contributed by atoms with van der Waals surface area (Å²) in [5, 5.41) is 11.4. The molecule has 3 heterocycles. The molecule has 2 aromatic heterocycles. The zero-order valence-corrected chi connectivity index (χ0v) is 18.6. The van der Waals surface area contributed by atoms with Gasteiger partial charge in [0.1, 0.15) is 23.8 Å². The standard InChI is InChI=1S/C23H26F2N8/c1-14-4-5-16(12-26-20-8-15(2)27-13-28-20)21(14)29-22-30-23-32(6-3-7-33(23)31-22)19-10-17(24)9-18(25)11-19/h8-14,21H,3-7H2,1-2H3,(H,29,31)(H,26,27,28)/b16-12+/t14?,21-/m1/s1. The monoisotopic (exact) mass is 452 g/mol. The van der Waals surface area contributed by atoms with Crippen LogP contribution in [-0.2, 0) is 6.54 Å². The van der Waals surface area contributed by atoms with Gasteiger partial charge in [-0.2, -0.15) is 4.98 Å². The first kappa shape index (κ1) is 21.3. The number of benzene rings is 1. The summed E-state index contributed by atoms with van der Waals surface area (Å²) < 4.78 is 29.4. The van der Waals surface area contributed by atoms with E-state index < -0.39 is 11.6 Å². The maximum absolute atomic E-state index is 13.8. The SMILES string of the molecule is Cc1cc(N/C=C2\CCC(C)[C@H]2Nc2nc3n(n2)CCCN3c2cc(F)cc(F)c2)ncn1. The van der Waals surface area contributed by atoms with Gasteiger partial charge >= 0.3 is 0 Å². The largest absolute Gasteiger partial charge is 0.347 e. The molecule has 1 aromatic carbocycles. The average molecular weight is 453 g/mol. The van der Waals surface area contributed by atoms with Crippen LogP contribution in [0.15, 0.2) is 42.4 Å². The van der Waals surface area contributed by atoms with E-state index in [1.54, 1.807) is 11.0 Å². The molecule has 5 rings (SSSR count). The first-order valence-corrected chi connectivity index (χ1v) is 11.2. The van der Waals surface area contributed by atoms with Crippen LogP contribution in [0.2, 0.25) is 0 Å². The summed E-state index contributed by atoms with van der Waals surface area (Å²) in [6.07, 6.45) is 6.36. The Balaban J connectivity index is 1.37. The lowest BCUT2D eigenvalue weighted by atomic mass is 10.0. The quantitative estimate of drug-likeness (QED) is 0.594. The number of aromatic nitrogens is 5. The van der Waals surface area contributed by atoms with E-state index in [4.69, 9.17) is 0 Å². The fraction of sp³-hybridized carbons (Fsp3) is 0.391. The lowest BCUT2D eigenvalue weighted by Gasteiger charge is -2.27. The van der Waals surface area contributed by atoms with Crippen molar-refractivity contribution in [3.63, 3.8) is 0 Å². The Morgan fingerprint density at radius 3 is 2.70 bits per heavy atom. The molecule has 1 aliphatic heterocycles. The maximum Gasteiger partial charge on any atom is 0.244 e. The van der Waals surface area contributed by atoms with Gasteiger partial charge in [0.2, 0.25) is 11.9 Å². The Bertz CT molecular complexity index is 1170. The molecule has 8 nitrogen and oxygen atoms in total. The number of nitrogens with one attached hydrogen (secondary N) is 2. The predicted molar refractivity (Wildman–Crippen MR) is 122 cm³/mol. The Kier molecular flexibility index (Phi) is 5.65. The first-order valence-electron chi connectivity index (χ1n) is 11.2. The van der Waals surface area contributed by atoms with Gasteiger partial charge in [0, 0.05) is 42.8 Å². The third-order valence-corrected chi connectivity index (χ3v) is 6.15. The van der Waals surface area contributed by atoms with Crippen LogP contribution in [-0.4, -0.2) is 37.3 Å². The van der Waals surface area contributed by atoms with Gasteiger partial charge in [-0.25, -0.2) is 23.4 Å². The van der Waals surface area contributed by atoms with Crippen LogP contribution < -0.4 is 15.5 Å². The Labute approximate surface area is 190 Å². The summed E-state index contributed by atoms with van der Waals surface area (Å²) >= 11 is 0. The van der Waals surface area contributed by atoms with Gasteiger partial charge in [-0.1, -0.05) is 6.92 Å². The number of halogens is 2. The number of fused-ring (bicyclic) bond motifs is 1. The van der Waals surface area contributed by atoms with Crippen LogP contribution in [0.3, 0.4) is 0 Å². The summed E-state index contributed by atoms with van der Waals surface area (Å²) in [5.74, 6) is 1.03. The minimum Gasteiger partial charge on any atom is -0.347 e. The molecule has 2 N–H and O–H groups in total. The molecule has 0 radical (unpaired) electrons. The zero-order chi connectivity index (χ0) is 22.9. The Morgan fingerprint density at radius 2 is 1.91 bits per heavy atom. The van der Waals surface area contributed by atoms with Crippen molar-refractivity contribution in [1.82, 2.24) is 24.7 Å². The number of nitrogens with zero attached hydrogens (tertiary/aromatic N) is 6. The molecule has 0 bridgehead atoms. The minimum absolute atomic E-state index is 0.0740. The van der Waals surface area contributed by atoms with Crippen molar-refractivity contribution < 1.29 is 8.78 Å². The van der Waals surface area contributed by atoms with Crippen LogP contribution in [0.5, 0.6) is 0 Å². The number of hydrogen-bond acceptors (Lipinski definition) is 7. The van der Waals surface area contributed by atoms with Crippen molar-refractivity contribution >= 4 is 23.4 Å². The van der Waals surface area contributed by atoms with Crippen LogP contribution in [0.4, 0.5) is 32.2 Å². The van der Waals surface area contributed by atoms with E-state index in [1.807, 2.05) is 24.1 Å². The smallest absolute Gasteiger partial charge is 0.244 e. The third kappa shape index (κ3) is 4.50. The Morgan fingerprint density at radius 1 is 1.09 bits per heavy atom. The second-order valence-corrected chi connectivity index (χ2v) is 8.64. The molecule has 2 atom stereocenters. The summed E-state index contributed by atoms with van der Waals surface area (Å²) in [4.78, 5) is 14.9. The molecular formula is C23H26F2N8. The highest BCUT2D eigenvalue weighted by atomic mass is 19.1. The molecule has 10 heteroatoms. The molecule has 0 amide bonds. The molecule has 0 spiro atoms. The number of rotatable bonds is 5. The number of anilines is 4. The van der Waals surface area contributed by atoms with Crippen LogP contribution in [0.1, 0.15) is 31.9 Å². The van der Waals surface area contributed by atoms with Crippen molar-refractivity contribution in [3.8, 4) is 0 Å². The lowest BCUT2D eigenvalue weighted by Crippen LogP contribution is -2.28. The van der Waals surface area contributed by atoms with E-state index in [0.717, 1.165) is 36.8 Å². The van der Waals surface area contributed by atoms with Gasteiger partial charge in [0.25, 0.3) is 0 Å². The second kappa shape index (κ2) is 8.76.